The molecule has 1 aliphatic heterocycles. The molecule has 0 radical (unpaired) electrons. The molecule has 1 saturated heterocycles. The predicted octanol–water partition coefficient (Wildman–Crippen LogP) is 0.314. The zero-order valence-corrected chi connectivity index (χ0v) is 11.1. The van der Waals surface area contributed by atoms with Crippen molar-refractivity contribution in [3.05, 3.63) is 0 Å². The second-order valence-corrected chi connectivity index (χ2v) is 5.61. The second kappa shape index (κ2) is 5.25. The molecule has 0 bridgehead atoms. The Hall–Kier alpha value is -1.12. The maximum atomic E-state index is 12.2. The van der Waals surface area contributed by atoms with Gasteiger partial charge >= 0.3 is 0 Å². The van der Waals surface area contributed by atoms with Crippen molar-refractivity contribution in [3.8, 4) is 6.07 Å². The maximum absolute atomic E-state index is 12.2. The van der Waals surface area contributed by atoms with Crippen LogP contribution in [0.1, 0.15) is 32.1 Å². The quantitative estimate of drug-likeness (QED) is 0.782. The van der Waals surface area contributed by atoms with Crippen molar-refractivity contribution in [2.24, 2.45) is 5.73 Å². The lowest BCUT2D eigenvalue weighted by molar-refractivity contribution is -0.137. The van der Waals surface area contributed by atoms with Crippen molar-refractivity contribution < 1.29 is 4.79 Å². The summed E-state index contributed by atoms with van der Waals surface area (Å²) in [4.78, 5) is 15.9. The number of hydrogen-bond acceptors (Lipinski definition) is 4. The van der Waals surface area contributed by atoms with Crippen molar-refractivity contribution in [2.75, 3.05) is 26.7 Å². The summed E-state index contributed by atoms with van der Waals surface area (Å²) in [6.07, 6.45) is 4.88. The average Bonchev–Trinajstić information content (AvgIpc) is 2.36. The van der Waals surface area contributed by atoms with Crippen molar-refractivity contribution in [2.45, 2.75) is 43.7 Å². The predicted molar refractivity (Wildman–Crippen MR) is 68.6 cm³/mol. The van der Waals surface area contributed by atoms with E-state index in [2.05, 4.69) is 6.07 Å². The SMILES string of the molecule is CN(C(=O)CN1CC(N)C1)C1(C#N)CCCCC1. The fraction of sp³-hybridized carbons (Fsp3) is 0.846. The molecule has 2 rings (SSSR count). The number of amides is 1. The fourth-order valence-electron chi connectivity index (χ4n) is 2.93. The highest BCUT2D eigenvalue weighted by Gasteiger charge is 2.39. The highest BCUT2D eigenvalue weighted by atomic mass is 16.2. The van der Waals surface area contributed by atoms with E-state index in [-0.39, 0.29) is 11.9 Å². The number of nitrogens with zero attached hydrogens (tertiary/aromatic N) is 3. The van der Waals surface area contributed by atoms with E-state index in [9.17, 15) is 10.1 Å². The summed E-state index contributed by atoms with van der Waals surface area (Å²) < 4.78 is 0. The third kappa shape index (κ3) is 2.50. The van der Waals surface area contributed by atoms with Crippen LogP contribution in [0.2, 0.25) is 0 Å². The minimum atomic E-state index is -0.567. The Morgan fingerprint density at radius 3 is 2.56 bits per heavy atom. The van der Waals surface area contributed by atoms with Gasteiger partial charge in [-0.05, 0) is 12.8 Å². The molecule has 0 aromatic carbocycles. The van der Waals surface area contributed by atoms with Crippen LogP contribution in [0.5, 0.6) is 0 Å². The summed E-state index contributed by atoms with van der Waals surface area (Å²) in [7, 11) is 1.77. The molecular weight excluding hydrogens is 228 g/mol. The number of likely N-dealkylation sites (N-methyl/N-ethyl adjacent to an activating group) is 1. The smallest absolute Gasteiger partial charge is 0.237 e. The first-order chi connectivity index (χ1) is 8.57. The van der Waals surface area contributed by atoms with E-state index in [1.165, 1.54) is 6.42 Å². The van der Waals surface area contributed by atoms with Gasteiger partial charge < -0.3 is 10.6 Å². The van der Waals surface area contributed by atoms with Gasteiger partial charge in [0, 0.05) is 26.2 Å². The number of nitriles is 1. The maximum Gasteiger partial charge on any atom is 0.237 e. The van der Waals surface area contributed by atoms with Crippen LogP contribution in [-0.2, 0) is 4.79 Å². The summed E-state index contributed by atoms with van der Waals surface area (Å²) in [6, 6.07) is 2.59. The second-order valence-electron chi connectivity index (χ2n) is 5.61. The lowest BCUT2D eigenvalue weighted by Crippen LogP contribution is -2.60. The molecule has 0 spiro atoms. The Morgan fingerprint density at radius 2 is 2.06 bits per heavy atom. The first-order valence-corrected chi connectivity index (χ1v) is 6.73. The van der Waals surface area contributed by atoms with E-state index < -0.39 is 5.54 Å². The molecule has 0 aromatic heterocycles. The highest BCUT2D eigenvalue weighted by Crippen LogP contribution is 2.32. The number of hydrogen-bond donors (Lipinski definition) is 1. The van der Waals surface area contributed by atoms with E-state index in [0.29, 0.717) is 6.54 Å². The first-order valence-electron chi connectivity index (χ1n) is 6.73. The molecular formula is C13H22N4O. The van der Waals surface area contributed by atoms with Crippen molar-refractivity contribution in [3.63, 3.8) is 0 Å². The van der Waals surface area contributed by atoms with Crippen LogP contribution in [0.15, 0.2) is 0 Å². The summed E-state index contributed by atoms with van der Waals surface area (Å²) in [6.45, 7) is 1.98. The molecule has 2 N–H and O–H groups in total. The van der Waals surface area contributed by atoms with E-state index in [0.717, 1.165) is 38.8 Å². The lowest BCUT2D eigenvalue weighted by Gasteiger charge is -2.42. The van der Waals surface area contributed by atoms with E-state index >= 15 is 0 Å². The number of likely N-dealkylation sites (tertiary alicyclic amines) is 1. The molecule has 1 aliphatic carbocycles. The van der Waals surface area contributed by atoms with Gasteiger partial charge in [-0.25, -0.2) is 0 Å². The Labute approximate surface area is 109 Å². The van der Waals surface area contributed by atoms with Crippen LogP contribution in [0.25, 0.3) is 0 Å². The molecule has 1 saturated carbocycles. The van der Waals surface area contributed by atoms with Crippen LogP contribution in [0.4, 0.5) is 0 Å². The molecule has 0 atom stereocenters. The van der Waals surface area contributed by atoms with E-state index in [4.69, 9.17) is 5.73 Å². The van der Waals surface area contributed by atoms with Crippen molar-refractivity contribution in [1.82, 2.24) is 9.80 Å². The fourth-order valence-corrected chi connectivity index (χ4v) is 2.93. The average molecular weight is 250 g/mol. The minimum absolute atomic E-state index is 0.0466. The Kier molecular flexibility index (Phi) is 3.88. The number of carbonyl (C=O) groups excluding carboxylic acids is 1. The molecule has 1 heterocycles. The molecule has 18 heavy (non-hydrogen) atoms. The number of carbonyl (C=O) groups is 1. The molecule has 0 unspecified atom stereocenters. The van der Waals surface area contributed by atoms with Gasteiger partial charge in [-0.2, -0.15) is 5.26 Å². The van der Waals surface area contributed by atoms with Crippen LogP contribution in [0.3, 0.4) is 0 Å². The third-order valence-corrected chi connectivity index (χ3v) is 4.25. The van der Waals surface area contributed by atoms with Gasteiger partial charge in [-0.1, -0.05) is 19.3 Å². The van der Waals surface area contributed by atoms with Gasteiger partial charge in [0.05, 0.1) is 12.6 Å². The molecule has 0 aromatic rings. The monoisotopic (exact) mass is 250 g/mol. The minimum Gasteiger partial charge on any atom is -0.326 e. The number of rotatable bonds is 3. The zero-order chi connectivity index (χ0) is 13.2. The molecule has 2 fully saturated rings. The van der Waals surface area contributed by atoms with Crippen molar-refractivity contribution in [1.29, 1.82) is 5.26 Å². The first kappa shape index (κ1) is 13.3. The Balaban J connectivity index is 1.94. The van der Waals surface area contributed by atoms with Gasteiger partial charge in [0.25, 0.3) is 0 Å². The van der Waals surface area contributed by atoms with Crippen LogP contribution in [0, 0.1) is 11.3 Å². The summed E-state index contributed by atoms with van der Waals surface area (Å²) in [5, 5.41) is 9.43. The standard InChI is InChI=1S/C13H22N4O/c1-16(12(18)9-17-7-11(15)8-17)13(10-14)5-3-2-4-6-13/h11H,2-9,15H2,1H3. The van der Waals surface area contributed by atoms with E-state index in [1.54, 1.807) is 11.9 Å². The summed E-state index contributed by atoms with van der Waals surface area (Å²) in [5.74, 6) is 0.0466. The van der Waals surface area contributed by atoms with Crippen LogP contribution >= 0.6 is 0 Å². The lowest BCUT2D eigenvalue weighted by atomic mass is 9.81. The molecule has 5 nitrogen and oxygen atoms in total. The summed E-state index contributed by atoms with van der Waals surface area (Å²) in [5.41, 5.74) is 5.13. The molecule has 1 amide bonds. The summed E-state index contributed by atoms with van der Waals surface area (Å²) >= 11 is 0. The van der Waals surface area contributed by atoms with Gasteiger partial charge in [0.1, 0.15) is 5.54 Å². The van der Waals surface area contributed by atoms with Crippen LogP contribution < -0.4 is 5.73 Å². The van der Waals surface area contributed by atoms with E-state index in [1.807, 2.05) is 4.90 Å². The van der Waals surface area contributed by atoms with Crippen molar-refractivity contribution >= 4 is 5.91 Å². The Bertz CT molecular complexity index is 350. The van der Waals surface area contributed by atoms with Gasteiger partial charge in [-0.3, -0.25) is 9.69 Å². The molecule has 2 aliphatic rings. The Morgan fingerprint density at radius 1 is 1.44 bits per heavy atom. The molecule has 100 valence electrons. The van der Waals surface area contributed by atoms with Crippen LogP contribution in [-0.4, -0.2) is 54.0 Å². The number of nitrogens with two attached hydrogens (primary N) is 1. The highest BCUT2D eigenvalue weighted by molar-refractivity contribution is 5.79. The van der Waals surface area contributed by atoms with Gasteiger partial charge in [0.2, 0.25) is 5.91 Å². The molecule has 5 heteroatoms. The normalized spacial score (nSPS) is 24.1. The van der Waals surface area contributed by atoms with Gasteiger partial charge in [0.15, 0.2) is 0 Å². The van der Waals surface area contributed by atoms with Gasteiger partial charge in [-0.15, -0.1) is 0 Å². The zero-order valence-electron chi connectivity index (χ0n) is 11.1. The third-order valence-electron chi connectivity index (χ3n) is 4.25. The largest absolute Gasteiger partial charge is 0.326 e. The topological polar surface area (TPSA) is 73.4 Å².